The van der Waals surface area contributed by atoms with Gasteiger partial charge in [-0.2, -0.15) is 0 Å². The average molecular weight is 758 g/mol. The van der Waals surface area contributed by atoms with Crippen LogP contribution in [0, 0.1) is 0 Å². The Hall–Kier alpha value is -7.89. The number of nitrogens with zero attached hydrogens (tertiary/aromatic N) is 3. The predicted octanol–water partition coefficient (Wildman–Crippen LogP) is 14.2. The van der Waals surface area contributed by atoms with Gasteiger partial charge in [-0.3, -0.25) is 4.99 Å². The molecular weight excluding hydrogens is 723 g/mol. The molecule has 0 aliphatic carbocycles. The molecule has 2 aromatic heterocycles. The van der Waals surface area contributed by atoms with E-state index in [-0.39, 0.29) is 0 Å². The molecule has 0 spiro atoms. The first-order valence-electron chi connectivity index (χ1n) is 19.7. The van der Waals surface area contributed by atoms with Crippen LogP contribution in [0.1, 0.15) is 16.7 Å². The van der Waals surface area contributed by atoms with Gasteiger partial charge in [0.25, 0.3) is 0 Å². The van der Waals surface area contributed by atoms with E-state index in [1.54, 1.807) is 0 Å². The van der Waals surface area contributed by atoms with Gasteiger partial charge < -0.3 is 8.83 Å². The highest BCUT2D eigenvalue weighted by atomic mass is 16.3. The Labute approximate surface area is 339 Å². The molecule has 11 aromatic rings. The average Bonchev–Trinajstić information content (AvgIpc) is 3.88. The number of para-hydroxylation sites is 2. The van der Waals surface area contributed by atoms with E-state index in [1.165, 1.54) is 16.2 Å². The van der Waals surface area contributed by atoms with Crippen LogP contribution in [0.2, 0.25) is 0 Å². The highest BCUT2D eigenvalue weighted by Gasteiger charge is 2.20. The number of rotatable bonds is 6. The number of hydrogen-bond acceptors (Lipinski definition) is 3. The summed E-state index contributed by atoms with van der Waals surface area (Å²) in [5.41, 5.74) is 10.5. The van der Waals surface area contributed by atoms with Gasteiger partial charge in [0.05, 0.1) is 6.54 Å². The van der Waals surface area contributed by atoms with Gasteiger partial charge in [-0.1, -0.05) is 164 Å². The van der Waals surface area contributed by atoms with Crippen LogP contribution >= 0.6 is 0 Å². The second-order valence-electron chi connectivity index (χ2n) is 14.7. The molecule has 9 aromatic carbocycles. The molecule has 5 nitrogen and oxygen atoms in total. The zero-order valence-corrected chi connectivity index (χ0v) is 32.0. The molecule has 59 heavy (non-hydrogen) atoms. The maximum absolute atomic E-state index is 6.80. The fourth-order valence-electron chi connectivity index (χ4n) is 8.59. The van der Waals surface area contributed by atoms with E-state index in [0.717, 1.165) is 88.2 Å². The van der Waals surface area contributed by atoms with Gasteiger partial charge in [0.2, 0.25) is 0 Å². The SMILES string of the molecule is C=NC(=NC(=NCc1ccccc1-c1cccc2oc3c(-c4cccc5oc6ccccc6c45)cccc3c12)c1ccc2c(ccc3ccccc32)c1)c1ccccc1. The fraction of sp³-hybridized carbons (Fsp3) is 0.0185. The molecule has 0 N–H and O–H groups in total. The van der Waals surface area contributed by atoms with Crippen LogP contribution in [0.15, 0.2) is 212 Å². The van der Waals surface area contributed by atoms with Crippen LogP contribution in [0.5, 0.6) is 0 Å². The lowest BCUT2D eigenvalue weighted by molar-refractivity contribution is 0.668. The Morgan fingerprint density at radius 3 is 1.90 bits per heavy atom. The molecule has 0 saturated carbocycles. The summed E-state index contributed by atoms with van der Waals surface area (Å²) in [6.45, 7) is 4.28. The van der Waals surface area contributed by atoms with E-state index in [0.29, 0.717) is 18.2 Å². The van der Waals surface area contributed by atoms with Gasteiger partial charge in [-0.25, -0.2) is 9.98 Å². The summed E-state index contributed by atoms with van der Waals surface area (Å²) in [5.74, 6) is 1.10. The van der Waals surface area contributed by atoms with Crippen LogP contribution in [0.3, 0.4) is 0 Å². The topological polar surface area (TPSA) is 63.4 Å². The zero-order chi connectivity index (χ0) is 39.3. The summed E-state index contributed by atoms with van der Waals surface area (Å²) in [6, 6.07) is 64.8. The van der Waals surface area contributed by atoms with Gasteiger partial charge in [0, 0.05) is 38.2 Å². The third kappa shape index (κ3) is 5.91. The molecule has 0 unspecified atom stereocenters. The lowest BCUT2D eigenvalue weighted by atomic mass is 9.93. The van der Waals surface area contributed by atoms with Crippen LogP contribution in [0.25, 0.3) is 87.7 Å². The molecule has 278 valence electrons. The number of furan rings is 2. The monoisotopic (exact) mass is 757 g/mol. The first-order valence-corrected chi connectivity index (χ1v) is 19.7. The standard InChI is InChI=1S/C54H35N3O2/c1-55-53(35-15-3-2-4-16-35)57-54(37-30-31-41-36(32-37)29-28-34-14-5-7-18-39(34)41)56-33-38-17-6-8-19-40(38)42-21-12-27-49-51(42)46-24-11-23-44(52(46)59-49)43-22-13-26-48-50(43)45-20-9-10-25-47(45)58-48/h2-32H,1,33H2. The Balaban J connectivity index is 1.05. The third-order valence-electron chi connectivity index (χ3n) is 11.3. The lowest BCUT2D eigenvalue weighted by Crippen LogP contribution is -2.06. The molecule has 0 bridgehead atoms. The zero-order valence-electron chi connectivity index (χ0n) is 32.0. The Morgan fingerprint density at radius 1 is 0.424 bits per heavy atom. The van der Waals surface area contributed by atoms with Crippen molar-refractivity contribution in [1.82, 2.24) is 0 Å². The van der Waals surface area contributed by atoms with Crippen LogP contribution in [0.4, 0.5) is 0 Å². The van der Waals surface area contributed by atoms with E-state index >= 15 is 0 Å². The third-order valence-corrected chi connectivity index (χ3v) is 11.3. The molecule has 11 rings (SSSR count). The number of benzene rings is 9. The molecule has 0 radical (unpaired) electrons. The molecule has 2 heterocycles. The van der Waals surface area contributed by atoms with E-state index in [1.807, 2.05) is 48.5 Å². The summed E-state index contributed by atoms with van der Waals surface area (Å²) in [7, 11) is 0. The van der Waals surface area contributed by atoms with E-state index in [4.69, 9.17) is 18.8 Å². The minimum atomic E-state index is 0.386. The number of fused-ring (bicyclic) bond motifs is 9. The number of aliphatic imine (C=N–C) groups is 3. The summed E-state index contributed by atoms with van der Waals surface area (Å²) < 4.78 is 13.1. The van der Waals surface area contributed by atoms with Gasteiger partial charge in [0.15, 0.2) is 11.7 Å². The lowest BCUT2D eigenvalue weighted by Gasteiger charge is -2.11. The summed E-state index contributed by atoms with van der Waals surface area (Å²) in [5, 5.41) is 9.00. The summed E-state index contributed by atoms with van der Waals surface area (Å²) in [4.78, 5) is 14.7. The maximum atomic E-state index is 6.80. The molecule has 0 fully saturated rings. The highest BCUT2D eigenvalue weighted by molar-refractivity contribution is 6.20. The quantitative estimate of drug-likeness (QED) is 0.0963. The van der Waals surface area contributed by atoms with Crippen molar-refractivity contribution in [2.24, 2.45) is 15.0 Å². The van der Waals surface area contributed by atoms with Crippen LogP contribution in [-0.4, -0.2) is 18.4 Å². The van der Waals surface area contributed by atoms with Crippen molar-refractivity contribution < 1.29 is 8.83 Å². The first kappa shape index (κ1) is 34.4. The number of amidine groups is 2. The maximum Gasteiger partial charge on any atom is 0.161 e. The summed E-state index contributed by atoms with van der Waals surface area (Å²) in [6.07, 6.45) is 0. The Kier molecular flexibility index (Phi) is 8.30. The number of hydrogen-bond donors (Lipinski definition) is 0. The smallest absolute Gasteiger partial charge is 0.161 e. The fourth-order valence-corrected chi connectivity index (χ4v) is 8.59. The summed E-state index contributed by atoms with van der Waals surface area (Å²) >= 11 is 0. The van der Waals surface area contributed by atoms with Crippen molar-refractivity contribution in [3.05, 3.63) is 205 Å². The molecule has 0 aliphatic rings. The van der Waals surface area contributed by atoms with Crippen molar-refractivity contribution in [3.63, 3.8) is 0 Å². The van der Waals surface area contributed by atoms with Crippen molar-refractivity contribution in [2.45, 2.75) is 6.54 Å². The van der Waals surface area contributed by atoms with E-state index in [2.05, 4.69) is 151 Å². The van der Waals surface area contributed by atoms with Crippen molar-refractivity contribution in [2.75, 3.05) is 0 Å². The Bertz CT molecular complexity index is 3500. The second-order valence-corrected chi connectivity index (χ2v) is 14.7. The normalized spacial score (nSPS) is 12.4. The van der Waals surface area contributed by atoms with Gasteiger partial charge in [0.1, 0.15) is 22.3 Å². The molecule has 0 saturated heterocycles. The van der Waals surface area contributed by atoms with Gasteiger partial charge in [-0.15, -0.1) is 0 Å². The van der Waals surface area contributed by atoms with Gasteiger partial charge in [-0.05, 0) is 74.8 Å². The van der Waals surface area contributed by atoms with Crippen molar-refractivity contribution in [1.29, 1.82) is 0 Å². The molecule has 0 aliphatic heterocycles. The van der Waals surface area contributed by atoms with Gasteiger partial charge >= 0.3 is 0 Å². The second kappa shape index (κ2) is 14.2. The van der Waals surface area contributed by atoms with E-state index < -0.39 is 0 Å². The van der Waals surface area contributed by atoms with Crippen LogP contribution in [-0.2, 0) is 6.54 Å². The highest BCUT2D eigenvalue weighted by Crippen LogP contribution is 2.44. The van der Waals surface area contributed by atoms with E-state index in [9.17, 15) is 0 Å². The first-order chi connectivity index (χ1) is 29.2. The molecule has 5 heteroatoms. The largest absolute Gasteiger partial charge is 0.456 e. The van der Waals surface area contributed by atoms with Crippen molar-refractivity contribution >= 4 is 83.8 Å². The Morgan fingerprint density at radius 2 is 1.03 bits per heavy atom. The molecule has 0 atom stereocenters. The molecule has 0 amide bonds. The molecular formula is C54H35N3O2. The minimum Gasteiger partial charge on any atom is -0.456 e. The predicted molar refractivity (Wildman–Crippen MR) is 246 cm³/mol. The van der Waals surface area contributed by atoms with Crippen molar-refractivity contribution in [3.8, 4) is 22.3 Å². The minimum absolute atomic E-state index is 0.386. The van der Waals surface area contributed by atoms with Crippen LogP contribution < -0.4 is 0 Å².